The summed E-state index contributed by atoms with van der Waals surface area (Å²) in [5.41, 5.74) is 1.05. The number of nitrogens with zero attached hydrogens (tertiary/aromatic N) is 1. The van der Waals surface area contributed by atoms with E-state index in [2.05, 4.69) is 10.3 Å². The van der Waals surface area contributed by atoms with Gasteiger partial charge in [0.25, 0.3) is 0 Å². The number of ether oxygens (including phenoxy) is 2. The first-order chi connectivity index (χ1) is 7.37. The lowest BCUT2D eigenvalue weighted by molar-refractivity contribution is -0.169. The molecular formula is C11H16N2O2. The normalized spacial score (nSPS) is 19.3. The molecule has 0 aliphatic carbocycles. The van der Waals surface area contributed by atoms with Gasteiger partial charge in [-0.15, -0.1) is 0 Å². The van der Waals surface area contributed by atoms with Crippen LogP contribution in [0.3, 0.4) is 0 Å². The summed E-state index contributed by atoms with van der Waals surface area (Å²) in [4.78, 5) is 4.00. The summed E-state index contributed by atoms with van der Waals surface area (Å²) < 4.78 is 11.5. The molecule has 4 nitrogen and oxygen atoms in total. The minimum atomic E-state index is -0.564. The Morgan fingerprint density at radius 3 is 2.60 bits per heavy atom. The molecule has 2 rings (SSSR count). The minimum absolute atomic E-state index is 0.564. The Balaban J connectivity index is 2.19. The molecule has 1 aliphatic heterocycles. The average Bonchev–Trinajstić information content (AvgIpc) is 2.78. The van der Waals surface area contributed by atoms with Crippen molar-refractivity contribution in [2.75, 3.05) is 26.8 Å². The first-order valence-corrected chi connectivity index (χ1v) is 5.20. The van der Waals surface area contributed by atoms with E-state index in [9.17, 15) is 0 Å². The van der Waals surface area contributed by atoms with Gasteiger partial charge >= 0.3 is 0 Å². The van der Waals surface area contributed by atoms with E-state index in [1.54, 1.807) is 12.4 Å². The lowest BCUT2D eigenvalue weighted by atomic mass is 10.0. The van der Waals surface area contributed by atoms with Crippen LogP contribution < -0.4 is 5.32 Å². The lowest BCUT2D eigenvalue weighted by Crippen LogP contribution is -2.31. The van der Waals surface area contributed by atoms with Gasteiger partial charge in [0.2, 0.25) is 0 Å². The molecule has 0 bridgehead atoms. The number of nitrogens with one attached hydrogen (secondary N) is 1. The van der Waals surface area contributed by atoms with Gasteiger partial charge in [0.05, 0.1) is 13.2 Å². The summed E-state index contributed by atoms with van der Waals surface area (Å²) >= 11 is 0. The van der Waals surface area contributed by atoms with Crippen molar-refractivity contribution in [3.8, 4) is 0 Å². The van der Waals surface area contributed by atoms with Gasteiger partial charge in [-0.05, 0) is 19.2 Å². The van der Waals surface area contributed by atoms with Crippen LogP contribution in [0.4, 0.5) is 0 Å². The van der Waals surface area contributed by atoms with Crippen molar-refractivity contribution in [1.29, 1.82) is 0 Å². The van der Waals surface area contributed by atoms with Crippen LogP contribution in [0.15, 0.2) is 24.5 Å². The van der Waals surface area contributed by atoms with E-state index in [0.717, 1.165) is 18.5 Å². The monoisotopic (exact) mass is 208 g/mol. The summed E-state index contributed by atoms with van der Waals surface area (Å²) in [7, 11) is 1.93. The maximum Gasteiger partial charge on any atom is 0.196 e. The number of hydrogen-bond donors (Lipinski definition) is 1. The van der Waals surface area contributed by atoms with Crippen LogP contribution in [0, 0.1) is 0 Å². The van der Waals surface area contributed by atoms with Gasteiger partial charge in [0.1, 0.15) is 0 Å². The molecule has 1 fully saturated rings. The molecule has 0 spiro atoms. The van der Waals surface area contributed by atoms with Crippen molar-refractivity contribution in [2.24, 2.45) is 0 Å². The zero-order chi connectivity index (χ0) is 10.6. The third-order valence-corrected chi connectivity index (χ3v) is 2.58. The highest BCUT2D eigenvalue weighted by atomic mass is 16.7. The van der Waals surface area contributed by atoms with Crippen LogP contribution in [0.5, 0.6) is 0 Å². The molecule has 1 saturated heterocycles. The zero-order valence-corrected chi connectivity index (χ0v) is 8.90. The van der Waals surface area contributed by atoms with Gasteiger partial charge < -0.3 is 14.8 Å². The molecular weight excluding hydrogens is 192 g/mol. The molecule has 1 aromatic rings. The van der Waals surface area contributed by atoms with E-state index in [-0.39, 0.29) is 0 Å². The van der Waals surface area contributed by atoms with Crippen LogP contribution in [-0.2, 0) is 15.3 Å². The highest BCUT2D eigenvalue weighted by molar-refractivity contribution is 5.17. The first kappa shape index (κ1) is 10.5. The van der Waals surface area contributed by atoms with Gasteiger partial charge in [-0.3, -0.25) is 4.98 Å². The van der Waals surface area contributed by atoms with Gasteiger partial charge in [0.15, 0.2) is 5.79 Å². The fraction of sp³-hybridized carbons (Fsp3) is 0.545. The maximum absolute atomic E-state index is 5.74. The zero-order valence-electron chi connectivity index (χ0n) is 8.90. The SMILES string of the molecule is CNCCC1(c2ccncc2)OCCO1. The number of rotatable bonds is 4. The molecule has 2 heterocycles. The van der Waals surface area contributed by atoms with Gasteiger partial charge in [0, 0.05) is 30.9 Å². The topological polar surface area (TPSA) is 43.4 Å². The summed E-state index contributed by atoms with van der Waals surface area (Å²) in [6, 6.07) is 3.89. The van der Waals surface area contributed by atoms with Gasteiger partial charge in [-0.25, -0.2) is 0 Å². The van der Waals surface area contributed by atoms with Crippen LogP contribution in [0.2, 0.25) is 0 Å². The van der Waals surface area contributed by atoms with Crippen molar-refractivity contribution >= 4 is 0 Å². The molecule has 0 radical (unpaired) electrons. The van der Waals surface area contributed by atoms with Crippen LogP contribution in [-0.4, -0.2) is 31.8 Å². The van der Waals surface area contributed by atoms with Crippen molar-refractivity contribution in [3.05, 3.63) is 30.1 Å². The molecule has 1 aromatic heterocycles. The maximum atomic E-state index is 5.74. The number of pyridine rings is 1. The van der Waals surface area contributed by atoms with E-state index >= 15 is 0 Å². The van der Waals surface area contributed by atoms with Crippen LogP contribution >= 0.6 is 0 Å². The molecule has 0 atom stereocenters. The molecule has 4 heteroatoms. The van der Waals surface area contributed by atoms with Crippen molar-refractivity contribution < 1.29 is 9.47 Å². The summed E-state index contributed by atoms with van der Waals surface area (Å²) in [6.07, 6.45) is 4.34. The molecule has 15 heavy (non-hydrogen) atoms. The van der Waals surface area contributed by atoms with Crippen molar-refractivity contribution in [1.82, 2.24) is 10.3 Å². The fourth-order valence-corrected chi connectivity index (χ4v) is 1.81. The summed E-state index contributed by atoms with van der Waals surface area (Å²) in [5, 5.41) is 3.11. The lowest BCUT2D eigenvalue weighted by Gasteiger charge is -2.27. The second-order valence-electron chi connectivity index (χ2n) is 3.54. The Kier molecular flexibility index (Phi) is 3.30. The van der Waals surface area contributed by atoms with Crippen LogP contribution in [0.25, 0.3) is 0 Å². The molecule has 0 unspecified atom stereocenters. The Bertz CT molecular complexity index is 297. The Labute approximate surface area is 89.6 Å². The van der Waals surface area contributed by atoms with Crippen molar-refractivity contribution in [3.63, 3.8) is 0 Å². The minimum Gasteiger partial charge on any atom is -0.343 e. The quantitative estimate of drug-likeness (QED) is 0.798. The molecule has 1 N–H and O–H groups in total. The van der Waals surface area contributed by atoms with E-state index in [0.29, 0.717) is 13.2 Å². The largest absolute Gasteiger partial charge is 0.343 e. The Morgan fingerprint density at radius 2 is 2.00 bits per heavy atom. The Morgan fingerprint density at radius 1 is 1.33 bits per heavy atom. The first-order valence-electron chi connectivity index (χ1n) is 5.20. The molecule has 0 aromatic carbocycles. The van der Waals surface area contributed by atoms with E-state index < -0.39 is 5.79 Å². The van der Waals surface area contributed by atoms with Gasteiger partial charge in [-0.1, -0.05) is 0 Å². The highest BCUT2D eigenvalue weighted by Crippen LogP contribution is 2.33. The van der Waals surface area contributed by atoms with Crippen molar-refractivity contribution in [2.45, 2.75) is 12.2 Å². The predicted molar refractivity (Wildman–Crippen MR) is 56.4 cm³/mol. The molecule has 0 saturated carbocycles. The second kappa shape index (κ2) is 4.70. The van der Waals surface area contributed by atoms with E-state index in [4.69, 9.17) is 9.47 Å². The smallest absolute Gasteiger partial charge is 0.196 e. The third kappa shape index (κ3) is 2.17. The fourth-order valence-electron chi connectivity index (χ4n) is 1.81. The molecule has 0 amide bonds. The Hall–Kier alpha value is -0.970. The number of hydrogen-bond acceptors (Lipinski definition) is 4. The van der Waals surface area contributed by atoms with E-state index in [1.807, 2.05) is 19.2 Å². The standard InChI is InChI=1S/C11H16N2O2/c1-12-7-4-11(14-8-9-15-11)10-2-5-13-6-3-10/h2-3,5-6,12H,4,7-9H2,1H3. The van der Waals surface area contributed by atoms with Gasteiger partial charge in [-0.2, -0.15) is 0 Å². The summed E-state index contributed by atoms with van der Waals surface area (Å²) in [5.74, 6) is -0.564. The summed E-state index contributed by atoms with van der Waals surface area (Å²) in [6.45, 7) is 2.18. The second-order valence-corrected chi connectivity index (χ2v) is 3.54. The van der Waals surface area contributed by atoms with Crippen LogP contribution in [0.1, 0.15) is 12.0 Å². The molecule has 1 aliphatic rings. The average molecular weight is 208 g/mol. The molecule has 82 valence electrons. The predicted octanol–water partition coefficient (Wildman–Crippen LogP) is 0.891. The van der Waals surface area contributed by atoms with E-state index in [1.165, 1.54) is 0 Å². The number of aromatic nitrogens is 1. The highest BCUT2D eigenvalue weighted by Gasteiger charge is 2.37. The third-order valence-electron chi connectivity index (χ3n) is 2.58.